The lowest BCUT2D eigenvalue weighted by Gasteiger charge is -2.26. The van der Waals surface area contributed by atoms with E-state index in [0.717, 1.165) is 30.4 Å². The van der Waals surface area contributed by atoms with Crippen LogP contribution in [0.25, 0.3) is 5.76 Å². The number of aliphatic hydroxyl groups excluding tert-OH is 1. The number of ether oxygens (including phenoxy) is 2. The first-order chi connectivity index (χ1) is 18.0. The number of rotatable bonds is 10. The van der Waals surface area contributed by atoms with Gasteiger partial charge < -0.3 is 19.5 Å². The number of hydrogen-bond donors (Lipinski definition) is 1. The van der Waals surface area contributed by atoms with Gasteiger partial charge in [0.25, 0.3) is 11.7 Å². The predicted octanol–water partition coefficient (Wildman–Crippen LogP) is 6.19. The third-order valence-electron chi connectivity index (χ3n) is 6.66. The third kappa shape index (κ3) is 5.53. The number of ketones is 1. The van der Waals surface area contributed by atoms with Gasteiger partial charge in [-0.3, -0.25) is 9.59 Å². The van der Waals surface area contributed by atoms with Gasteiger partial charge >= 0.3 is 0 Å². The highest BCUT2D eigenvalue weighted by atomic mass is 16.5. The fourth-order valence-electron chi connectivity index (χ4n) is 4.71. The van der Waals surface area contributed by atoms with E-state index < -0.39 is 17.7 Å². The summed E-state index contributed by atoms with van der Waals surface area (Å²) >= 11 is 0. The van der Waals surface area contributed by atoms with Gasteiger partial charge in [-0.25, -0.2) is 0 Å². The number of hydrogen-bond acceptors (Lipinski definition) is 5. The van der Waals surface area contributed by atoms with Crippen molar-refractivity contribution in [1.29, 1.82) is 0 Å². The molecule has 1 atom stereocenters. The van der Waals surface area contributed by atoms with E-state index in [1.165, 1.54) is 0 Å². The van der Waals surface area contributed by atoms with Crippen LogP contribution in [0.4, 0.5) is 0 Å². The second-order valence-corrected chi connectivity index (χ2v) is 9.20. The number of aryl methyl sites for hydroxylation is 1. The van der Waals surface area contributed by atoms with Crippen LogP contribution in [-0.2, 0) is 16.2 Å². The first-order valence-electron chi connectivity index (χ1n) is 12.6. The van der Waals surface area contributed by atoms with Gasteiger partial charge in [-0.15, -0.1) is 0 Å². The Labute approximate surface area is 218 Å². The number of aliphatic hydroxyl groups is 1. The fraction of sp³-hybridized carbons (Fsp3) is 0.290. The molecule has 6 heteroatoms. The summed E-state index contributed by atoms with van der Waals surface area (Å²) in [5.74, 6) is -0.256. The smallest absolute Gasteiger partial charge is 0.295 e. The van der Waals surface area contributed by atoms with Crippen molar-refractivity contribution in [3.8, 4) is 11.5 Å². The van der Waals surface area contributed by atoms with Crippen LogP contribution < -0.4 is 9.47 Å². The van der Waals surface area contributed by atoms with Crippen molar-refractivity contribution < 1.29 is 24.2 Å². The molecule has 37 heavy (non-hydrogen) atoms. The summed E-state index contributed by atoms with van der Waals surface area (Å²) < 4.78 is 11.5. The Hall–Kier alpha value is -4.06. The number of para-hydroxylation sites is 1. The molecule has 1 fully saturated rings. The van der Waals surface area contributed by atoms with Gasteiger partial charge in [-0.05, 0) is 48.7 Å². The van der Waals surface area contributed by atoms with Crippen LogP contribution in [0.15, 0.2) is 78.4 Å². The summed E-state index contributed by atoms with van der Waals surface area (Å²) in [6.45, 7) is 4.81. The minimum Gasteiger partial charge on any atom is -0.507 e. The molecule has 0 radical (unpaired) electrons. The molecule has 0 spiro atoms. The molecular formula is C31H33NO5. The monoisotopic (exact) mass is 499 g/mol. The second-order valence-electron chi connectivity index (χ2n) is 9.20. The first-order valence-corrected chi connectivity index (χ1v) is 12.6. The van der Waals surface area contributed by atoms with Crippen LogP contribution in [-0.4, -0.2) is 35.4 Å². The van der Waals surface area contributed by atoms with Gasteiger partial charge in [0.2, 0.25) is 0 Å². The molecule has 3 aromatic rings. The van der Waals surface area contributed by atoms with Gasteiger partial charge in [0.05, 0.1) is 18.7 Å². The van der Waals surface area contributed by atoms with Gasteiger partial charge in [0.15, 0.2) is 0 Å². The molecule has 0 saturated carbocycles. The number of nitrogens with zero attached hydrogens (tertiary/aromatic N) is 1. The normalized spacial score (nSPS) is 16.7. The molecule has 4 rings (SSSR count). The number of methoxy groups -OCH3 is 1. The van der Waals surface area contributed by atoms with Crippen LogP contribution in [0.3, 0.4) is 0 Å². The van der Waals surface area contributed by atoms with E-state index in [4.69, 9.17) is 9.47 Å². The van der Waals surface area contributed by atoms with Crippen molar-refractivity contribution in [1.82, 2.24) is 4.90 Å². The highest BCUT2D eigenvalue weighted by Gasteiger charge is 2.46. The molecule has 0 aromatic heterocycles. The molecule has 3 aromatic carbocycles. The standard InChI is InChI=1S/C31H33NO5/c1-4-5-11-18-32-28(24-14-9-10-15-26(24)36-3)27(30(34)31(32)35)29(33)23-16-17-25(21(2)19-23)37-20-22-12-7-6-8-13-22/h6-10,12-17,19,28,33H,4-5,11,18,20H2,1-3H3/b29-27+. The molecule has 1 saturated heterocycles. The lowest BCUT2D eigenvalue weighted by Crippen LogP contribution is -2.30. The van der Waals surface area contributed by atoms with Gasteiger partial charge in [-0.1, -0.05) is 68.3 Å². The van der Waals surface area contributed by atoms with Crippen molar-refractivity contribution in [2.75, 3.05) is 13.7 Å². The van der Waals surface area contributed by atoms with E-state index in [-0.39, 0.29) is 11.3 Å². The molecule has 0 bridgehead atoms. The zero-order valence-corrected chi connectivity index (χ0v) is 21.6. The predicted molar refractivity (Wildman–Crippen MR) is 143 cm³/mol. The van der Waals surface area contributed by atoms with E-state index in [2.05, 4.69) is 6.92 Å². The van der Waals surface area contributed by atoms with Gasteiger partial charge in [0, 0.05) is 17.7 Å². The maximum atomic E-state index is 13.3. The van der Waals surface area contributed by atoms with E-state index >= 15 is 0 Å². The van der Waals surface area contributed by atoms with Gasteiger partial charge in [-0.2, -0.15) is 0 Å². The largest absolute Gasteiger partial charge is 0.507 e. The molecule has 0 aliphatic carbocycles. The van der Waals surface area contributed by atoms with Crippen molar-refractivity contribution in [3.05, 3.63) is 101 Å². The van der Waals surface area contributed by atoms with Crippen molar-refractivity contribution in [2.45, 2.75) is 45.8 Å². The number of carbonyl (C=O) groups excluding carboxylic acids is 2. The Morgan fingerprint density at radius 2 is 1.68 bits per heavy atom. The quantitative estimate of drug-likeness (QED) is 0.156. The minimum absolute atomic E-state index is 0.0725. The summed E-state index contributed by atoms with van der Waals surface area (Å²) in [4.78, 5) is 28.0. The number of unbranched alkanes of at least 4 members (excludes halogenated alkanes) is 2. The van der Waals surface area contributed by atoms with Crippen LogP contribution in [0.5, 0.6) is 11.5 Å². The Balaban J connectivity index is 1.71. The maximum absolute atomic E-state index is 13.3. The summed E-state index contributed by atoms with van der Waals surface area (Å²) in [5.41, 5.74) is 3.06. The van der Waals surface area contributed by atoms with Crippen LogP contribution >= 0.6 is 0 Å². The Kier molecular flexibility index (Phi) is 8.29. The molecular weight excluding hydrogens is 466 g/mol. The number of benzene rings is 3. The zero-order valence-electron chi connectivity index (χ0n) is 21.6. The second kappa shape index (κ2) is 11.8. The van der Waals surface area contributed by atoms with Crippen LogP contribution in [0.2, 0.25) is 0 Å². The Bertz CT molecular complexity index is 1300. The zero-order chi connectivity index (χ0) is 26.4. The molecule has 1 aliphatic heterocycles. The molecule has 1 amide bonds. The SMILES string of the molecule is CCCCCN1C(=O)C(=O)/C(=C(/O)c2ccc(OCc3ccccc3)c(C)c2)C1c1ccccc1OC. The summed E-state index contributed by atoms with van der Waals surface area (Å²) in [6, 6.07) is 21.7. The average Bonchev–Trinajstić information content (AvgIpc) is 3.17. The summed E-state index contributed by atoms with van der Waals surface area (Å²) in [6.07, 6.45) is 2.69. The number of Topliss-reactive ketones (excluding diaryl/α,β-unsaturated/α-hetero) is 1. The highest BCUT2D eigenvalue weighted by molar-refractivity contribution is 6.46. The molecule has 1 N–H and O–H groups in total. The minimum atomic E-state index is -0.734. The lowest BCUT2D eigenvalue weighted by molar-refractivity contribution is -0.139. The molecule has 6 nitrogen and oxygen atoms in total. The number of amides is 1. The molecule has 1 unspecified atom stereocenters. The Morgan fingerprint density at radius 3 is 2.38 bits per heavy atom. The van der Waals surface area contributed by atoms with Crippen molar-refractivity contribution in [3.63, 3.8) is 0 Å². The average molecular weight is 500 g/mol. The molecule has 1 aliphatic rings. The topological polar surface area (TPSA) is 76.1 Å². The fourth-order valence-corrected chi connectivity index (χ4v) is 4.71. The number of carbonyl (C=O) groups is 2. The summed E-state index contributed by atoms with van der Waals surface area (Å²) in [7, 11) is 1.56. The highest BCUT2D eigenvalue weighted by Crippen LogP contribution is 2.43. The van der Waals surface area contributed by atoms with Crippen molar-refractivity contribution in [2.24, 2.45) is 0 Å². The third-order valence-corrected chi connectivity index (χ3v) is 6.66. The van der Waals surface area contributed by atoms with E-state index in [9.17, 15) is 14.7 Å². The summed E-state index contributed by atoms with van der Waals surface area (Å²) in [5, 5.41) is 11.4. The number of likely N-dealkylation sites (tertiary alicyclic amines) is 1. The van der Waals surface area contributed by atoms with E-state index in [1.54, 1.807) is 36.3 Å². The van der Waals surface area contributed by atoms with Crippen LogP contribution in [0.1, 0.15) is 54.5 Å². The maximum Gasteiger partial charge on any atom is 0.295 e. The lowest BCUT2D eigenvalue weighted by atomic mass is 9.94. The van der Waals surface area contributed by atoms with Gasteiger partial charge in [0.1, 0.15) is 23.9 Å². The van der Waals surface area contributed by atoms with Crippen molar-refractivity contribution >= 4 is 17.4 Å². The molecule has 192 valence electrons. The first kappa shape index (κ1) is 26.0. The van der Waals surface area contributed by atoms with Crippen LogP contribution in [0, 0.1) is 6.92 Å². The molecule has 1 heterocycles. The van der Waals surface area contributed by atoms with E-state index in [1.807, 2.05) is 55.5 Å². The Morgan fingerprint density at radius 1 is 0.946 bits per heavy atom. The van der Waals surface area contributed by atoms with E-state index in [0.29, 0.717) is 35.8 Å².